The van der Waals surface area contributed by atoms with Crippen LogP contribution in [-0.2, 0) is 125 Å². The van der Waals surface area contributed by atoms with Crippen molar-refractivity contribution in [1.82, 2.24) is 0 Å². The van der Waals surface area contributed by atoms with Gasteiger partial charge in [0.15, 0.2) is 42.7 Å². The summed E-state index contributed by atoms with van der Waals surface area (Å²) in [6, 6.07) is 69.6. The summed E-state index contributed by atoms with van der Waals surface area (Å²) >= 11 is 0. The first kappa shape index (κ1) is 79.4. The standard InChI is InChI=1S/C85H90F3NO21/c1-83(2)107-70-66(90)67(63(97-48-57-30-16-7-17-31-57)51-94-46-55-26-12-5-13-27-55)104-80(75(70)109-83)100-53-65-68(99-50-59-34-20-9-21-35-59)71(102-77(91)60-36-22-10-23-37-60)74(103-78(92)61-38-24-11-25-39-61)81(101-65)106-72-69(64(98-49-58-32-18-8-19-33-58)52-95-47-56-28-14-6-15-29-56)105-79(76-73(72)108-84(3,4)110-76)96-45-44-54-40-42-62(43-41-54)89-82(93)85(86,87)88/h5-43,63-76,79-81,90H,44-53H2,1-4H3,(H,89,93)/t63-,64+,65-,66-,67-,68-,69-,70+,71+,72-,73+,74-,75+,76+,79-,80+,81+/m1/s1. The van der Waals surface area contributed by atoms with Crippen LogP contribution >= 0.6 is 0 Å². The number of carbonyl (C=O) groups excluding carboxylic acids is 3. The molecule has 5 heterocycles. The highest BCUT2D eigenvalue weighted by Gasteiger charge is 2.62. The van der Waals surface area contributed by atoms with E-state index in [9.17, 15) is 23.1 Å². The number of alkyl halides is 3. The number of carbonyl (C=O) groups is 3. The molecule has 0 bridgehead atoms. The van der Waals surface area contributed by atoms with Gasteiger partial charge in [-0.05, 0) is 104 Å². The van der Waals surface area contributed by atoms with E-state index in [0.717, 1.165) is 22.3 Å². The minimum atomic E-state index is -5.10. The smallest absolute Gasteiger partial charge is 0.452 e. The maximum absolute atomic E-state index is 15.1. The Bertz CT molecular complexity index is 4160. The minimum absolute atomic E-state index is 0.0266. The van der Waals surface area contributed by atoms with Gasteiger partial charge in [0.2, 0.25) is 0 Å². The Balaban J connectivity index is 0.890. The third kappa shape index (κ3) is 21.1. The fourth-order valence-electron chi connectivity index (χ4n) is 13.8. The van der Waals surface area contributed by atoms with Crippen LogP contribution in [0.2, 0.25) is 0 Å². The van der Waals surface area contributed by atoms with Gasteiger partial charge in [0, 0.05) is 5.69 Å². The molecule has 5 aliphatic rings. The van der Waals surface area contributed by atoms with Crippen LogP contribution in [0.3, 0.4) is 0 Å². The predicted octanol–water partition coefficient (Wildman–Crippen LogP) is 12.4. The van der Waals surface area contributed by atoms with Crippen LogP contribution in [-0.4, -0.2) is 171 Å². The third-order valence-corrected chi connectivity index (χ3v) is 19.1. The molecule has 582 valence electrons. The largest absolute Gasteiger partial charge is 0.471 e. The SMILES string of the molecule is CC1(C)O[C@H]2[C@H](O[C@@H]3O[C@H](CO[C@H]4O[C@H]([C@@H](COCc5ccccc5)OCc5ccccc5)[C@@H](O)[C@@H]5OC(C)(C)O[C@H]45)[C@@H](OCc4ccccc4)[C@H](OC(=O)c4ccccc4)[C@H]3OC(=O)c3ccccc3)[C@@H]([C@H](COCc3ccccc3)OCc3ccccc3)O[C@@H](OCCc3ccc(NC(=O)C(F)(F)F)cc3)[C@H]2O1. The lowest BCUT2D eigenvalue weighted by Gasteiger charge is -2.49. The molecule has 0 unspecified atom stereocenters. The van der Waals surface area contributed by atoms with Gasteiger partial charge in [-0.2, -0.15) is 13.2 Å². The quantitative estimate of drug-likeness (QED) is 0.0363. The average molecular weight is 1520 g/mol. The highest BCUT2D eigenvalue weighted by Crippen LogP contribution is 2.45. The molecule has 13 rings (SSSR count). The number of aliphatic hydroxyl groups is 1. The second-order valence-electron chi connectivity index (χ2n) is 28.2. The first-order valence-electron chi connectivity index (χ1n) is 36.7. The molecule has 17 atom stereocenters. The second-order valence-corrected chi connectivity index (χ2v) is 28.2. The minimum Gasteiger partial charge on any atom is -0.452 e. The van der Waals surface area contributed by atoms with Crippen LogP contribution < -0.4 is 5.32 Å². The molecule has 22 nitrogen and oxygen atoms in total. The zero-order valence-corrected chi connectivity index (χ0v) is 61.1. The summed E-state index contributed by atoms with van der Waals surface area (Å²) in [7, 11) is 0. The molecule has 8 aromatic rings. The lowest BCUT2D eigenvalue weighted by molar-refractivity contribution is -0.364. The third-order valence-electron chi connectivity index (χ3n) is 19.1. The molecule has 0 spiro atoms. The number of amides is 1. The van der Waals surface area contributed by atoms with Gasteiger partial charge in [0.05, 0.1) is 70.6 Å². The molecule has 8 aromatic carbocycles. The molecule has 0 radical (unpaired) electrons. The fraction of sp³-hybridized carbons (Fsp3) is 0.400. The molecule has 1 amide bonds. The lowest BCUT2D eigenvalue weighted by Crippen LogP contribution is -2.67. The van der Waals surface area contributed by atoms with E-state index in [1.165, 1.54) is 12.1 Å². The monoisotopic (exact) mass is 1520 g/mol. The molecule has 25 heteroatoms. The summed E-state index contributed by atoms with van der Waals surface area (Å²) in [5, 5.41) is 14.4. The topological polar surface area (TPSA) is 240 Å². The summed E-state index contributed by atoms with van der Waals surface area (Å²) in [5.41, 5.74) is 4.94. The van der Waals surface area contributed by atoms with Crippen molar-refractivity contribution >= 4 is 23.5 Å². The van der Waals surface area contributed by atoms with E-state index in [-0.39, 0.29) is 76.1 Å². The number of aliphatic hydroxyl groups excluding tert-OH is 1. The Kier molecular flexibility index (Phi) is 26.8. The van der Waals surface area contributed by atoms with Crippen LogP contribution in [0, 0.1) is 0 Å². The fourth-order valence-corrected chi connectivity index (χ4v) is 13.8. The summed E-state index contributed by atoms with van der Waals surface area (Å²) in [5.74, 6) is -6.47. The Morgan fingerprint density at radius 1 is 0.436 bits per heavy atom. The summed E-state index contributed by atoms with van der Waals surface area (Å²) < 4.78 is 156. The molecular weight excluding hydrogens is 1430 g/mol. The number of fused-ring (bicyclic) bond motifs is 2. The van der Waals surface area contributed by atoms with Crippen molar-refractivity contribution in [2.75, 3.05) is 31.7 Å². The zero-order chi connectivity index (χ0) is 76.6. The summed E-state index contributed by atoms with van der Waals surface area (Å²) in [6.45, 7) is 6.52. The Labute approximate surface area is 636 Å². The molecule has 5 aliphatic heterocycles. The van der Waals surface area contributed by atoms with Crippen LogP contribution in [0.1, 0.15) is 81.8 Å². The average Bonchev–Trinajstić information content (AvgIpc) is 1.76. The molecule has 5 fully saturated rings. The van der Waals surface area contributed by atoms with Gasteiger partial charge >= 0.3 is 24.0 Å². The highest BCUT2D eigenvalue weighted by molar-refractivity contribution is 5.95. The first-order valence-corrected chi connectivity index (χ1v) is 36.7. The van der Waals surface area contributed by atoms with E-state index >= 15 is 9.59 Å². The molecule has 0 saturated carbocycles. The Morgan fingerprint density at radius 3 is 1.35 bits per heavy atom. The van der Waals surface area contributed by atoms with Crippen LogP contribution in [0.25, 0.3) is 0 Å². The Hall–Kier alpha value is -8.68. The predicted molar refractivity (Wildman–Crippen MR) is 390 cm³/mol. The Morgan fingerprint density at radius 2 is 0.855 bits per heavy atom. The summed E-state index contributed by atoms with van der Waals surface area (Å²) in [6.07, 6.45) is -27.2. The molecule has 0 aliphatic carbocycles. The number of hydrogen-bond donors (Lipinski definition) is 2. The lowest BCUT2D eigenvalue weighted by atomic mass is 9.93. The van der Waals surface area contributed by atoms with Crippen molar-refractivity contribution in [3.63, 3.8) is 0 Å². The van der Waals surface area contributed by atoms with Gasteiger partial charge in [-0.25, -0.2) is 9.59 Å². The number of halogens is 3. The maximum atomic E-state index is 15.1. The number of ether oxygens (including phenoxy) is 17. The van der Waals surface area contributed by atoms with Crippen molar-refractivity contribution < 1.29 is 113 Å². The van der Waals surface area contributed by atoms with Gasteiger partial charge in [-0.3, -0.25) is 4.79 Å². The van der Waals surface area contributed by atoms with Gasteiger partial charge in [-0.15, -0.1) is 0 Å². The highest BCUT2D eigenvalue weighted by atomic mass is 19.4. The number of anilines is 1. The van der Waals surface area contributed by atoms with Crippen molar-refractivity contribution in [1.29, 1.82) is 0 Å². The maximum Gasteiger partial charge on any atom is 0.471 e. The van der Waals surface area contributed by atoms with Gasteiger partial charge < -0.3 is 90.9 Å². The van der Waals surface area contributed by atoms with Crippen LogP contribution in [0.4, 0.5) is 18.9 Å². The van der Waals surface area contributed by atoms with E-state index < -0.39 is 147 Å². The van der Waals surface area contributed by atoms with E-state index in [2.05, 4.69) is 0 Å². The normalized spacial score (nSPS) is 26.7. The van der Waals surface area contributed by atoms with Crippen molar-refractivity contribution in [2.24, 2.45) is 0 Å². The number of esters is 2. The van der Waals surface area contributed by atoms with Crippen molar-refractivity contribution in [3.8, 4) is 0 Å². The zero-order valence-electron chi connectivity index (χ0n) is 61.1. The van der Waals surface area contributed by atoms with E-state index in [4.69, 9.17) is 80.5 Å². The number of benzene rings is 8. The van der Waals surface area contributed by atoms with Gasteiger partial charge in [0.25, 0.3) is 0 Å². The van der Waals surface area contributed by atoms with Crippen LogP contribution in [0.15, 0.2) is 237 Å². The number of rotatable bonds is 33. The molecular formula is C85H90F3NO21. The van der Waals surface area contributed by atoms with Crippen molar-refractivity contribution in [3.05, 3.63) is 281 Å². The van der Waals surface area contributed by atoms with Gasteiger partial charge in [-0.1, -0.05) is 200 Å². The molecule has 0 aromatic heterocycles. The number of hydrogen-bond acceptors (Lipinski definition) is 21. The van der Waals surface area contributed by atoms with E-state index in [1.54, 1.807) is 100 Å². The molecule has 110 heavy (non-hydrogen) atoms. The second kappa shape index (κ2) is 37.1. The van der Waals surface area contributed by atoms with Gasteiger partial charge in [0.1, 0.15) is 73.2 Å². The first-order chi connectivity index (χ1) is 53.3. The summed E-state index contributed by atoms with van der Waals surface area (Å²) in [4.78, 5) is 42.1. The van der Waals surface area contributed by atoms with Crippen LogP contribution in [0.5, 0.6) is 0 Å². The molecule has 5 saturated heterocycles. The van der Waals surface area contributed by atoms with E-state index in [0.29, 0.717) is 11.1 Å². The number of nitrogens with one attached hydrogen (secondary N) is 1. The van der Waals surface area contributed by atoms with E-state index in [1.807, 2.05) is 157 Å². The molecule has 2 N–H and O–H groups in total. The van der Waals surface area contributed by atoms with Crippen molar-refractivity contribution in [2.45, 2.75) is 189 Å².